The van der Waals surface area contributed by atoms with Gasteiger partial charge in [0.25, 0.3) is 0 Å². The first-order chi connectivity index (χ1) is 3.39. The fourth-order valence-electron chi connectivity index (χ4n) is 0.398. The molecule has 0 saturated carbocycles. The van der Waals surface area contributed by atoms with Gasteiger partial charge in [-0.15, -0.1) is 0 Å². The van der Waals surface area contributed by atoms with Crippen LogP contribution in [0.3, 0.4) is 0 Å². The standard InChI is InChI=1S/C6H6N/c1-6-3-2-4-7-5-6/h2-5H,1H2/p+1. The lowest BCUT2D eigenvalue weighted by molar-refractivity contribution is 1.31. The van der Waals surface area contributed by atoms with E-state index < -0.39 is 0 Å². The molecule has 0 aliphatic heterocycles. The molecule has 0 bridgehead atoms. The number of nitrogens with zero attached hydrogens (tertiary/aromatic N) is 1. The number of rotatable bonds is 0. The smallest absolute Gasteiger partial charge is 0.264 e. The summed E-state index contributed by atoms with van der Waals surface area (Å²) in [4.78, 5) is 3.82. The van der Waals surface area contributed by atoms with Crippen molar-refractivity contribution in [2.75, 3.05) is 0 Å². The van der Waals surface area contributed by atoms with Gasteiger partial charge in [0, 0.05) is 12.4 Å². The molecule has 0 spiro atoms. The first-order valence-corrected chi connectivity index (χ1v) is 2.11. The molecule has 35 valence electrons. The highest BCUT2D eigenvalue weighted by atomic mass is 14.6. The zero-order chi connectivity index (χ0) is 5.11. The van der Waals surface area contributed by atoms with E-state index in [4.69, 9.17) is 0 Å². The molecule has 1 aromatic heterocycles. The minimum Gasteiger partial charge on any atom is -0.264 e. The molecule has 1 heterocycles. The maximum absolute atomic E-state index is 3.82. The van der Waals surface area contributed by atoms with Gasteiger partial charge in [-0.3, -0.25) is 4.98 Å². The largest absolute Gasteiger partial charge is 1.00 e. The maximum atomic E-state index is 3.82. The first-order valence-electron chi connectivity index (χ1n) is 2.11. The van der Waals surface area contributed by atoms with Crippen LogP contribution in [0.25, 0.3) is 0 Å². The highest BCUT2D eigenvalue weighted by molar-refractivity contribution is 5.10. The van der Waals surface area contributed by atoms with Gasteiger partial charge in [0.05, 0.1) is 0 Å². The molecule has 0 aromatic carbocycles. The highest BCUT2D eigenvalue weighted by Gasteiger charge is 1.73. The average molecular weight is 93.1 g/mol. The van der Waals surface area contributed by atoms with Crippen molar-refractivity contribution in [3.63, 3.8) is 0 Å². The van der Waals surface area contributed by atoms with Crippen LogP contribution in [0.4, 0.5) is 0 Å². The predicted molar refractivity (Wildman–Crippen MR) is 29.8 cm³/mol. The molecular weight excluding hydrogens is 86.1 g/mol. The summed E-state index contributed by atoms with van der Waals surface area (Å²) in [6.07, 6.45) is 3.45. The zero-order valence-corrected chi connectivity index (χ0v) is 3.96. The van der Waals surface area contributed by atoms with E-state index in [0.717, 1.165) is 5.56 Å². The van der Waals surface area contributed by atoms with Crippen LogP contribution < -0.4 is 0 Å². The molecule has 0 saturated heterocycles. The quantitative estimate of drug-likeness (QED) is 0.472. The number of hydrogen-bond donors (Lipinski definition) is 0. The lowest BCUT2D eigenvalue weighted by Crippen LogP contribution is -1.69. The van der Waals surface area contributed by atoms with Gasteiger partial charge in [-0.1, -0.05) is 6.07 Å². The van der Waals surface area contributed by atoms with Crippen molar-refractivity contribution >= 4 is 0 Å². The Morgan fingerprint density at radius 2 is 2.57 bits per heavy atom. The monoisotopic (exact) mass is 93.1 g/mol. The topological polar surface area (TPSA) is 12.9 Å². The van der Waals surface area contributed by atoms with E-state index >= 15 is 0 Å². The lowest BCUT2D eigenvalue weighted by atomic mass is 10.3. The van der Waals surface area contributed by atoms with Gasteiger partial charge < -0.3 is 0 Å². The van der Waals surface area contributed by atoms with E-state index in [1.54, 1.807) is 12.4 Å². The van der Waals surface area contributed by atoms with Crippen molar-refractivity contribution in [2.45, 2.75) is 0 Å². The predicted octanol–water partition coefficient (Wildman–Crippen LogP) is 1.38. The fraction of sp³-hybridized carbons (Fsp3) is 0. The molecule has 0 aliphatic rings. The summed E-state index contributed by atoms with van der Waals surface area (Å²) in [6.45, 7) is 3.66. The Hall–Kier alpha value is -0.850. The molecular formula is C6H7N+. The molecule has 0 amide bonds. The Labute approximate surface area is 44.5 Å². The molecule has 0 atom stereocenters. The third-order valence-electron chi connectivity index (χ3n) is 0.723. The molecule has 0 unspecified atom stereocenters. The van der Waals surface area contributed by atoms with Gasteiger partial charge in [-0.25, -0.2) is 0 Å². The van der Waals surface area contributed by atoms with E-state index in [1.165, 1.54) is 0 Å². The lowest BCUT2D eigenvalue weighted by Gasteiger charge is -1.81. The van der Waals surface area contributed by atoms with E-state index in [9.17, 15) is 0 Å². The third-order valence-corrected chi connectivity index (χ3v) is 0.723. The molecule has 1 radical (unpaired) electrons. The van der Waals surface area contributed by atoms with Crippen molar-refractivity contribution in [1.29, 1.82) is 0 Å². The van der Waals surface area contributed by atoms with E-state index in [2.05, 4.69) is 11.9 Å². The van der Waals surface area contributed by atoms with Gasteiger partial charge in [0.1, 0.15) is 0 Å². The molecule has 1 rings (SSSR count). The summed E-state index contributed by atoms with van der Waals surface area (Å²) in [5.74, 6) is 0. The van der Waals surface area contributed by atoms with Gasteiger partial charge in [-0.05, 0) is 18.6 Å². The Kier molecular flexibility index (Phi) is 1.07. The van der Waals surface area contributed by atoms with Crippen LogP contribution in [-0.4, -0.2) is 4.98 Å². The van der Waals surface area contributed by atoms with Gasteiger partial charge >= 0.3 is 1.43 Å². The molecule has 1 heteroatoms. The van der Waals surface area contributed by atoms with Crippen LogP contribution in [0.15, 0.2) is 24.5 Å². The second-order valence-electron chi connectivity index (χ2n) is 1.36. The maximum Gasteiger partial charge on any atom is 1.00 e. The van der Waals surface area contributed by atoms with Crippen LogP contribution >= 0.6 is 0 Å². The Bertz CT molecular complexity index is 138. The number of aromatic nitrogens is 1. The van der Waals surface area contributed by atoms with Gasteiger partial charge in [0.15, 0.2) is 0 Å². The summed E-state index contributed by atoms with van der Waals surface area (Å²) in [7, 11) is 0. The van der Waals surface area contributed by atoms with E-state index in [0.29, 0.717) is 0 Å². The molecule has 0 aliphatic carbocycles. The van der Waals surface area contributed by atoms with Crippen molar-refractivity contribution in [2.24, 2.45) is 0 Å². The fourth-order valence-corrected chi connectivity index (χ4v) is 0.398. The van der Waals surface area contributed by atoms with Crippen LogP contribution in [0, 0.1) is 6.92 Å². The van der Waals surface area contributed by atoms with Crippen LogP contribution in [0.1, 0.15) is 6.99 Å². The summed E-state index contributed by atoms with van der Waals surface area (Å²) in [6, 6.07) is 3.77. The molecule has 0 fully saturated rings. The Balaban J connectivity index is 0.000000490. The minimum atomic E-state index is 0. The van der Waals surface area contributed by atoms with E-state index in [-0.39, 0.29) is 1.43 Å². The van der Waals surface area contributed by atoms with Gasteiger partial charge in [0.2, 0.25) is 0 Å². The zero-order valence-electron chi connectivity index (χ0n) is 4.96. The second-order valence-corrected chi connectivity index (χ2v) is 1.36. The SMILES string of the molecule is [CH2]c1cccnc1.[H+]. The summed E-state index contributed by atoms with van der Waals surface area (Å²) >= 11 is 0. The van der Waals surface area contributed by atoms with Crippen LogP contribution in [0.2, 0.25) is 0 Å². The van der Waals surface area contributed by atoms with Crippen LogP contribution in [0.5, 0.6) is 0 Å². The van der Waals surface area contributed by atoms with Crippen molar-refractivity contribution in [3.05, 3.63) is 37.0 Å². The van der Waals surface area contributed by atoms with Crippen molar-refractivity contribution in [1.82, 2.24) is 4.98 Å². The summed E-state index contributed by atoms with van der Waals surface area (Å²) in [5.41, 5.74) is 0.961. The second kappa shape index (κ2) is 1.73. The summed E-state index contributed by atoms with van der Waals surface area (Å²) in [5, 5.41) is 0. The van der Waals surface area contributed by atoms with Gasteiger partial charge in [-0.2, -0.15) is 0 Å². The Morgan fingerprint density at radius 3 is 2.86 bits per heavy atom. The van der Waals surface area contributed by atoms with Crippen molar-refractivity contribution < 1.29 is 1.43 Å². The first kappa shape index (κ1) is 4.31. The third kappa shape index (κ3) is 1.000. The normalized spacial score (nSPS) is 8.71. The average Bonchev–Trinajstić information content (AvgIpc) is 1.69. The minimum absolute atomic E-state index is 0. The molecule has 7 heavy (non-hydrogen) atoms. The summed E-state index contributed by atoms with van der Waals surface area (Å²) < 4.78 is 0. The van der Waals surface area contributed by atoms with E-state index in [1.807, 2.05) is 12.1 Å². The van der Waals surface area contributed by atoms with Crippen molar-refractivity contribution in [3.8, 4) is 0 Å². The molecule has 1 nitrogen and oxygen atoms in total. The molecule has 1 aromatic rings. The number of hydrogen-bond acceptors (Lipinski definition) is 1. The molecule has 0 N–H and O–H groups in total. The highest BCUT2D eigenvalue weighted by Crippen LogP contribution is 1.88. The van der Waals surface area contributed by atoms with Crippen LogP contribution in [-0.2, 0) is 0 Å². The number of pyridine rings is 1. The Morgan fingerprint density at radius 1 is 1.71 bits per heavy atom.